The molecule has 0 aliphatic carbocycles. The SMILES string of the molecule is CCOc1cncc(C(NC)C2CCS(=O)(=O)C2)c1. The first-order valence-corrected chi connectivity index (χ1v) is 8.33. The predicted molar refractivity (Wildman–Crippen MR) is 74.0 cm³/mol. The standard InChI is InChI=1S/C13H20N2O3S/c1-3-18-12-6-11(7-15-8-12)13(14-2)10-4-5-19(16,17)9-10/h6-8,10,13-14H,3-5,9H2,1-2H3. The van der Waals surface area contributed by atoms with Crippen LogP contribution in [0.5, 0.6) is 5.75 Å². The van der Waals surface area contributed by atoms with Crippen LogP contribution in [-0.4, -0.2) is 38.6 Å². The fraction of sp³-hybridized carbons (Fsp3) is 0.615. The van der Waals surface area contributed by atoms with Crippen molar-refractivity contribution in [1.29, 1.82) is 0 Å². The van der Waals surface area contributed by atoms with Gasteiger partial charge in [-0.1, -0.05) is 0 Å². The highest BCUT2D eigenvalue weighted by molar-refractivity contribution is 7.91. The number of hydrogen-bond acceptors (Lipinski definition) is 5. The van der Waals surface area contributed by atoms with Crippen LogP contribution < -0.4 is 10.1 Å². The minimum absolute atomic E-state index is 0.00480. The van der Waals surface area contributed by atoms with Crippen LogP contribution in [0.25, 0.3) is 0 Å². The van der Waals surface area contributed by atoms with Gasteiger partial charge in [-0.2, -0.15) is 0 Å². The van der Waals surface area contributed by atoms with E-state index in [2.05, 4.69) is 10.3 Å². The maximum absolute atomic E-state index is 11.6. The summed E-state index contributed by atoms with van der Waals surface area (Å²) in [6.45, 7) is 2.51. The molecule has 0 radical (unpaired) electrons. The van der Waals surface area contributed by atoms with Gasteiger partial charge in [-0.05, 0) is 37.9 Å². The average molecular weight is 284 g/mol. The second kappa shape index (κ2) is 5.88. The lowest BCUT2D eigenvalue weighted by atomic mass is 9.93. The first kappa shape index (κ1) is 14.3. The lowest BCUT2D eigenvalue weighted by Crippen LogP contribution is -2.26. The molecule has 1 aliphatic heterocycles. The van der Waals surface area contributed by atoms with Crippen molar-refractivity contribution in [2.24, 2.45) is 5.92 Å². The molecule has 1 fully saturated rings. The molecule has 0 aromatic carbocycles. The first-order chi connectivity index (χ1) is 9.05. The minimum Gasteiger partial charge on any atom is -0.492 e. The van der Waals surface area contributed by atoms with Crippen LogP contribution in [0.2, 0.25) is 0 Å². The fourth-order valence-corrected chi connectivity index (χ4v) is 4.45. The zero-order valence-corrected chi connectivity index (χ0v) is 12.1. The molecule has 0 bridgehead atoms. The Balaban J connectivity index is 2.20. The van der Waals surface area contributed by atoms with E-state index in [0.29, 0.717) is 13.0 Å². The topological polar surface area (TPSA) is 68.3 Å². The van der Waals surface area contributed by atoms with Crippen molar-refractivity contribution in [1.82, 2.24) is 10.3 Å². The zero-order valence-electron chi connectivity index (χ0n) is 11.3. The third-order valence-electron chi connectivity index (χ3n) is 3.45. The number of pyridine rings is 1. The molecule has 19 heavy (non-hydrogen) atoms. The van der Waals surface area contributed by atoms with Gasteiger partial charge in [0.15, 0.2) is 9.84 Å². The molecule has 1 saturated heterocycles. The van der Waals surface area contributed by atoms with Gasteiger partial charge < -0.3 is 10.1 Å². The highest BCUT2D eigenvalue weighted by Crippen LogP contribution is 2.32. The molecule has 2 atom stereocenters. The Hall–Kier alpha value is -1.14. The van der Waals surface area contributed by atoms with E-state index in [4.69, 9.17) is 4.74 Å². The molecule has 2 unspecified atom stereocenters. The van der Waals surface area contributed by atoms with Crippen molar-refractivity contribution in [2.45, 2.75) is 19.4 Å². The Morgan fingerprint density at radius 2 is 2.32 bits per heavy atom. The van der Waals surface area contributed by atoms with Crippen LogP contribution in [0.3, 0.4) is 0 Å². The lowest BCUT2D eigenvalue weighted by Gasteiger charge is -2.22. The van der Waals surface area contributed by atoms with Crippen molar-refractivity contribution < 1.29 is 13.2 Å². The van der Waals surface area contributed by atoms with E-state index in [9.17, 15) is 8.42 Å². The van der Waals surface area contributed by atoms with Gasteiger partial charge in [-0.15, -0.1) is 0 Å². The maximum Gasteiger partial charge on any atom is 0.150 e. The third kappa shape index (κ3) is 3.45. The van der Waals surface area contributed by atoms with E-state index < -0.39 is 9.84 Å². The molecular formula is C13H20N2O3S. The summed E-state index contributed by atoms with van der Waals surface area (Å²) in [5.74, 6) is 1.36. The van der Waals surface area contributed by atoms with Gasteiger partial charge in [0.1, 0.15) is 5.75 Å². The molecule has 1 N–H and O–H groups in total. The van der Waals surface area contributed by atoms with E-state index in [1.165, 1.54) is 0 Å². The van der Waals surface area contributed by atoms with E-state index in [1.54, 1.807) is 12.4 Å². The lowest BCUT2D eigenvalue weighted by molar-refractivity contribution is 0.336. The van der Waals surface area contributed by atoms with Gasteiger partial charge >= 0.3 is 0 Å². The van der Waals surface area contributed by atoms with Crippen LogP contribution in [0.15, 0.2) is 18.5 Å². The second-order valence-corrected chi connectivity index (χ2v) is 7.05. The number of rotatable bonds is 5. The van der Waals surface area contributed by atoms with Crippen LogP contribution in [0.4, 0.5) is 0 Å². The summed E-state index contributed by atoms with van der Waals surface area (Å²) in [4.78, 5) is 4.17. The summed E-state index contributed by atoms with van der Waals surface area (Å²) in [6, 6.07) is 1.94. The Bertz CT molecular complexity index is 530. The van der Waals surface area contributed by atoms with Gasteiger partial charge in [0.2, 0.25) is 0 Å². The maximum atomic E-state index is 11.6. The molecule has 1 aromatic heterocycles. The van der Waals surface area contributed by atoms with Crippen LogP contribution in [0.1, 0.15) is 24.9 Å². The van der Waals surface area contributed by atoms with Crippen LogP contribution >= 0.6 is 0 Å². The van der Waals surface area contributed by atoms with Gasteiger partial charge in [0.25, 0.3) is 0 Å². The average Bonchev–Trinajstić information content (AvgIpc) is 2.72. The monoisotopic (exact) mass is 284 g/mol. The highest BCUT2D eigenvalue weighted by atomic mass is 32.2. The van der Waals surface area contributed by atoms with Gasteiger partial charge in [-0.3, -0.25) is 4.98 Å². The van der Waals surface area contributed by atoms with E-state index in [-0.39, 0.29) is 23.5 Å². The molecular weight excluding hydrogens is 264 g/mol. The van der Waals surface area contributed by atoms with Crippen LogP contribution in [-0.2, 0) is 9.84 Å². The molecule has 0 spiro atoms. The number of hydrogen-bond donors (Lipinski definition) is 1. The number of nitrogens with zero attached hydrogens (tertiary/aromatic N) is 1. The molecule has 2 rings (SSSR count). The number of ether oxygens (including phenoxy) is 1. The molecule has 6 heteroatoms. The summed E-state index contributed by atoms with van der Waals surface area (Å²) in [5, 5.41) is 3.21. The van der Waals surface area contributed by atoms with Crippen LogP contribution in [0, 0.1) is 5.92 Å². The number of nitrogens with one attached hydrogen (secondary N) is 1. The van der Waals surface area contributed by atoms with E-state index in [0.717, 1.165) is 11.3 Å². The molecule has 0 saturated carbocycles. The first-order valence-electron chi connectivity index (χ1n) is 6.51. The normalized spacial score (nSPS) is 23.2. The van der Waals surface area contributed by atoms with Gasteiger partial charge in [0, 0.05) is 12.2 Å². The Kier molecular flexibility index (Phi) is 4.42. The zero-order chi connectivity index (χ0) is 13.9. The third-order valence-corrected chi connectivity index (χ3v) is 5.25. The largest absolute Gasteiger partial charge is 0.492 e. The van der Waals surface area contributed by atoms with Gasteiger partial charge in [0.05, 0.1) is 24.3 Å². The second-order valence-electron chi connectivity index (χ2n) is 4.82. The quantitative estimate of drug-likeness (QED) is 0.879. The Morgan fingerprint density at radius 3 is 2.89 bits per heavy atom. The van der Waals surface area contributed by atoms with Crippen molar-refractivity contribution >= 4 is 9.84 Å². The summed E-state index contributed by atoms with van der Waals surface area (Å²) >= 11 is 0. The molecule has 1 aromatic rings. The Morgan fingerprint density at radius 1 is 1.53 bits per heavy atom. The highest BCUT2D eigenvalue weighted by Gasteiger charge is 2.34. The molecule has 1 aliphatic rings. The molecule has 106 valence electrons. The van der Waals surface area contributed by atoms with Gasteiger partial charge in [-0.25, -0.2) is 8.42 Å². The van der Waals surface area contributed by atoms with Crippen molar-refractivity contribution in [3.63, 3.8) is 0 Å². The van der Waals surface area contributed by atoms with Crippen molar-refractivity contribution in [3.05, 3.63) is 24.0 Å². The fourth-order valence-electron chi connectivity index (χ4n) is 2.61. The summed E-state index contributed by atoms with van der Waals surface area (Å²) < 4.78 is 28.6. The number of aromatic nitrogens is 1. The molecule has 5 nitrogen and oxygen atoms in total. The predicted octanol–water partition coefficient (Wildman–Crippen LogP) is 1.18. The minimum atomic E-state index is -2.87. The summed E-state index contributed by atoms with van der Waals surface area (Å²) in [6.07, 6.45) is 4.15. The molecule has 2 heterocycles. The van der Waals surface area contributed by atoms with Crippen molar-refractivity contribution in [3.8, 4) is 5.75 Å². The Labute approximate surface area is 114 Å². The van der Waals surface area contributed by atoms with E-state index in [1.807, 2.05) is 20.0 Å². The van der Waals surface area contributed by atoms with Crippen molar-refractivity contribution in [2.75, 3.05) is 25.2 Å². The smallest absolute Gasteiger partial charge is 0.150 e. The summed E-state index contributed by atoms with van der Waals surface area (Å²) in [5.41, 5.74) is 0.982. The number of sulfone groups is 1. The molecule has 0 amide bonds. The summed E-state index contributed by atoms with van der Waals surface area (Å²) in [7, 11) is -1.02. The van der Waals surface area contributed by atoms with E-state index >= 15 is 0 Å².